The molecule has 0 atom stereocenters. The van der Waals surface area contributed by atoms with Gasteiger partial charge in [-0.3, -0.25) is 9.52 Å². The summed E-state index contributed by atoms with van der Waals surface area (Å²) in [4.78, 5) is 12.8. The first kappa shape index (κ1) is 21.4. The standard InChI is InChI=1S/C23H24N2O4S/c1-15-9-10-16(2)20(13-15)25-30(27,28)22-14-18(12-11-17(22)3)23(26)24-19-7-5-6-8-21(19)29-4/h5-14,25H,1-4H3,(H,24,26). The van der Waals surface area contributed by atoms with Crippen molar-refractivity contribution in [2.24, 2.45) is 0 Å². The van der Waals surface area contributed by atoms with Gasteiger partial charge in [-0.15, -0.1) is 0 Å². The molecule has 0 heterocycles. The lowest BCUT2D eigenvalue weighted by Crippen LogP contribution is -2.18. The van der Waals surface area contributed by atoms with Gasteiger partial charge < -0.3 is 10.1 Å². The molecule has 0 aliphatic rings. The van der Waals surface area contributed by atoms with Crippen molar-refractivity contribution in [3.05, 3.63) is 82.9 Å². The number of nitrogens with one attached hydrogen (secondary N) is 2. The van der Waals surface area contributed by atoms with Crippen molar-refractivity contribution < 1.29 is 17.9 Å². The van der Waals surface area contributed by atoms with Crippen molar-refractivity contribution in [2.45, 2.75) is 25.7 Å². The predicted molar refractivity (Wildman–Crippen MR) is 119 cm³/mol. The van der Waals surface area contributed by atoms with Crippen molar-refractivity contribution in [2.75, 3.05) is 17.1 Å². The third-order valence-corrected chi connectivity index (χ3v) is 6.24. The monoisotopic (exact) mass is 424 g/mol. The van der Waals surface area contributed by atoms with Crippen LogP contribution in [-0.4, -0.2) is 21.4 Å². The van der Waals surface area contributed by atoms with Gasteiger partial charge in [0.05, 0.1) is 23.4 Å². The van der Waals surface area contributed by atoms with Gasteiger partial charge >= 0.3 is 0 Å². The zero-order valence-corrected chi connectivity index (χ0v) is 18.1. The van der Waals surface area contributed by atoms with Crippen molar-refractivity contribution in [1.82, 2.24) is 0 Å². The van der Waals surface area contributed by atoms with Gasteiger partial charge in [0.1, 0.15) is 5.75 Å². The normalized spacial score (nSPS) is 11.1. The van der Waals surface area contributed by atoms with Gasteiger partial charge in [0, 0.05) is 5.56 Å². The SMILES string of the molecule is COc1ccccc1NC(=O)c1ccc(C)c(S(=O)(=O)Nc2cc(C)ccc2C)c1. The van der Waals surface area contributed by atoms with Crippen LogP contribution in [0.1, 0.15) is 27.0 Å². The van der Waals surface area contributed by atoms with Crippen LogP contribution in [0.25, 0.3) is 0 Å². The van der Waals surface area contributed by atoms with E-state index >= 15 is 0 Å². The molecule has 3 rings (SSSR count). The van der Waals surface area contributed by atoms with Crippen LogP contribution >= 0.6 is 0 Å². The van der Waals surface area contributed by atoms with E-state index in [1.54, 1.807) is 49.4 Å². The van der Waals surface area contributed by atoms with Crippen LogP contribution in [-0.2, 0) is 10.0 Å². The summed E-state index contributed by atoms with van der Waals surface area (Å²) in [6.07, 6.45) is 0. The highest BCUT2D eigenvalue weighted by atomic mass is 32.2. The fourth-order valence-corrected chi connectivity index (χ4v) is 4.41. The Morgan fingerprint density at radius 3 is 2.30 bits per heavy atom. The van der Waals surface area contributed by atoms with E-state index in [1.165, 1.54) is 13.2 Å². The van der Waals surface area contributed by atoms with Gasteiger partial charge in [0.15, 0.2) is 0 Å². The maximum absolute atomic E-state index is 13.1. The highest BCUT2D eigenvalue weighted by Crippen LogP contribution is 2.26. The number of aryl methyl sites for hydroxylation is 3. The summed E-state index contributed by atoms with van der Waals surface area (Å²) in [7, 11) is -2.37. The number of methoxy groups -OCH3 is 1. The Morgan fingerprint density at radius 1 is 0.867 bits per heavy atom. The maximum Gasteiger partial charge on any atom is 0.262 e. The van der Waals surface area contributed by atoms with E-state index in [2.05, 4.69) is 10.0 Å². The quantitative estimate of drug-likeness (QED) is 0.602. The second kappa shape index (κ2) is 8.59. The summed E-state index contributed by atoms with van der Waals surface area (Å²) in [6.45, 7) is 5.42. The van der Waals surface area contributed by atoms with Crippen LogP contribution in [0.4, 0.5) is 11.4 Å². The molecule has 3 aromatic rings. The number of hydrogen-bond acceptors (Lipinski definition) is 4. The Hall–Kier alpha value is -3.32. The van der Waals surface area contributed by atoms with E-state index in [0.717, 1.165) is 11.1 Å². The van der Waals surface area contributed by atoms with Crippen molar-refractivity contribution in [3.63, 3.8) is 0 Å². The van der Waals surface area contributed by atoms with E-state index < -0.39 is 15.9 Å². The highest BCUT2D eigenvalue weighted by Gasteiger charge is 2.20. The summed E-state index contributed by atoms with van der Waals surface area (Å²) in [5.41, 5.74) is 3.54. The van der Waals surface area contributed by atoms with E-state index in [0.29, 0.717) is 22.7 Å². The van der Waals surface area contributed by atoms with Gasteiger partial charge in [-0.1, -0.05) is 30.3 Å². The molecule has 0 saturated carbocycles. The van der Waals surface area contributed by atoms with Gasteiger partial charge in [-0.25, -0.2) is 8.42 Å². The van der Waals surface area contributed by atoms with Crippen LogP contribution in [0.5, 0.6) is 5.75 Å². The zero-order chi connectivity index (χ0) is 21.9. The lowest BCUT2D eigenvalue weighted by molar-refractivity contribution is 0.102. The first-order valence-electron chi connectivity index (χ1n) is 9.36. The first-order chi connectivity index (χ1) is 14.2. The Morgan fingerprint density at radius 2 is 1.57 bits per heavy atom. The molecule has 156 valence electrons. The molecule has 1 amide bonds. The average molecular weight is 425 g/mol. The minimum atomic E-state index is -3.88. The number of rotatable bonds is 6. The molecule has 0 spiro atoms. The molecule has 30 heavy (non-hydrogen) atoms. The molecule has 0 saturated heterocycles. The van der Waals surface area contributed by atoms with Crippen molar-refractivity contribution in [1.29, 1.82) is 0 Å². The minimum Gasteiger partial charge on any atom is -0.495 e. The van der Waals surface area contributed by atoms with E-state index in [-0.39, 0.29) is 10.5 Å². The molecular formula is C23H24N2O4S. The van der Waals surface area contributed by atoms with Gasteiger partial charge in [-0.2, -0.15) is 0 Å². The summed E-state index contributed by atoms with van der Waals surface area (Å²) < 4.78 is 34.0. The lowest BCUT2D eigenvalue weighted by Gasteiger charge is -2.14. The largest absolute Gasteiger partial charge is 0.495 e. The molecule has 7 heteroatoms. The molecule has 0 fully saturated rings. The fraction of sp³-hybridized carbons (Fsp3) is 0.174. The molecule has 0 aromatic heterocycles. The first-order valence-corrected chi connectivity index (χ1v) is 10.8. The summed E-state index contributed by atoms with van der Waals surface area (Å²) >= 11 is 0. The molecule has 0 radical (unpaired) electrons. The number of ether oxygens (including phenoxy) is 1. The van der Waals surface area contributed by atoms with E-state index in [9.17, 15) is 13.2 Å². The summed E-state index contributed by atoms with van der Waals surface area (Å²) in [5, 5.41) is 2.76. The van der Waals surface area contributed by atoms with Crippen LogP contribution in [0.3, 0.4) is 0 Å². The number of benzene rings is 3. The van der Waals surface area contributed by atoms with E-state index in [1.807, 2.05) is 26.0 Å². The maximum atomic E-state index is 13.1. The second-order valence-electron chi connectivity index (χ2n) is 7.06. The third kappa shape index (κ3) is 4.63. The van der Waals surface area contributed by atoms with Gasteiger partial charge in [0.25, 0.3) is 15.9 Å². The van der Waals surface area contributed by atoms with Crippen molar-refractivity contribution in [3.8, 4) is 5.75 Å². The van der Waals surface area contributed by atoms with E-state index in [4.69, 9.17) is 4.74 Å². The number of carbonyl (C=O) groups is 1. The average Bonchev–Trinajstić information content (AvgIpc) is 2.71. The van der Waals surface area contributed by atoms with Crippen LogP contribution in [0.2, 0.25) is 0 Å². The molecule has 0 unspecified atom stereocenters. The minimum absolute atomic E-state index is 0.0519. The Labute approximate surface area is 177 Å². The van der Waals surface area contributed by atoms with Gasteiger partial charge in [-0.05, 0) is 67.8 Å². The smallest absolute Gasteiger partial charge is 0.262 e. The Kier molecular flexibility index (Phi) is 6.12. The number of sulfonamides is 1. The van der Waals surface area contributed by atoms with Gasteiger partial charge in [0.2, 0.25) is 0 Å². The molecular weight excluding hydrogens is 400 g/mol. The molecule has 0 bridgehead atoms. The zero-order valence-electron chi connectivity index (χ0n) is 17.3. The number of anilines is 2. The molecule has 0 aliphatic carbocycles. The summed E-state index contributed by atoms with van der Waals surface area (Å²) in [6, 6.07) is 17.2. The number of para-hydroxylation sites is 2. The predicted octanol–water partition coefficient (Wildman–Crippen LogP) is 4.67. The van der Waals surface area contributed by atoms with Crippen LogP contribution in [0, 0.1) is 20.8 Å². The molecule has 6 nitrogen and oxygen atoms in total. The Balaban J connectivity index is 1.92. The van der Waals surface area contributed by atoms with Crippen LogP contribution in [0.15, 0.2) is 65.6 Å². The topological polar surface area (TPSA) is 84.5 Å². The fourth-order valence-electron chi connectivity index (χ4n) is 3.02. The lowest BCUT2D eigenvalue weighted by atomic mass is 10.1. The third-order valence-electron chi connectivity index (χ3n) is 4.73. The second-order valence-corrected chi connectivity index (χ2v) is 8.71. The molecule has 3 aromatic carbocycles. The number of amides is 1. The number of hydrogen-bond donors (Lipinski definition) is 2. The Bertz CT molecular complexity index is 1200. The summed E-state index contributed by atoms with van der Waals surface area (Å²) in [5.74, 6) is 0.0880. The van der Waals surface area contributed by atoms with Crippen molar-refractivity contribution >= 4 is 27.3 Å². The number of carbonyl (C=O) groups excluding carboxylic acids is 1. The molecule has 2 N–H and O–H groups in total. The highest BCUT2D eigenvalue weighted by molar-refractivity contribution is 7.92. The van der Waals surface area contributed by atoms with Crippen LogP contribution < -0.4 is 14.8 Å². The molecule has 0 aliphatic heterocycles.